The molecule has 0 radical (unpaired) electrons. The first-order chi connectivity index (χ1) is 11.7. The van der Waals surface area contributed by atoms with E-state index >= 15 is 0 Å². The van der Waals surface area contributed by atoms with Gasteiger partial charge in [0.05, 0.1) is 0 Å². The summed E-state index contributed by atoms with van der Waals surface area (Å²) in [4.78, 5) is 18.5. The van der Waals surface area contributed by atoms with Crippen LogP contribution < -0.4 is 0 Å². The molecule has 0 spiro atoms. The first kappa shape index (κ1) is 15.3. The lowest BCUT2D eigenvalue weighted by molar-refractivity contribution is -0.131. The molecule has 1 atom stereocenters. The molecule has 0 N–H and O–H groups in total. The van der Waals surface area contributed by atoms with Crippen molar-refractivity contribution in [1.82, 2.24) is 15.0 Å². The summed E-state index contributed by atoms with van der Waals surface area (Å²) >= 11 is 0. The lowest BCUT2D eigenvalue weighted by Crippen LogP contribution is -2.29. The number of likely N-dealkylation sites (tertiary alicyclic amines) is 1. The Labute approximate surface area is 139 Å². The van der Waals surface area contributed by atoms with Gasteiger partial charge in [0.15, 0.2) is 5.82 Å². The summed E-state index contributed by atoms with van der Waals surface area (Å²) in [6.07, 6.45) is 4.88. The van der Waals surface area contributed by atoms with Gasteiger partial charge in [-0.2, -0.15) is 4.98 Å². The number of hydrogen-bond donors (Lipinski definition) is 0. The first-order valence-electron chi connectivity index (χ1n) is 8.56. The van der Waals surface area contributed by atoms with Gasteiger partial charge >= 0.3 is 0 Å². The maximum atomic E-state index is 12.9. The molecule has 2 heterocycles. The third kappa shape index (κ3) is 3.32. The maximum Gasteiger partial charge on any atom is 0.257 e. The van der Waals surface area contributed by atoms with Crippen LogP contribution in [0.25, 0.3) is 11.5 Å². The number of carbonyl (C=O) groups is 1. The molecule has 1 aliphatic heterocycles. The third-order valence-corrected chi connectivity index (χ3v) is 4.86. The Kier molecular flexibility index (Phi) is 4.04. The van der Waals surface area contributed by atoms with Gasteiger partial charge in [-0.3, -0.25) is 4.79 Å². The first-order valence-corrected chi connectivity index (χ1v) is 8.56. The van der Waals surface area contributed by atoms with Crippen LogP contribution in [-0.2, 0) is 11.2 Å². The molecule has 4 rings (SSSR count). The average molecular weight is 329 g/mol. The van der Waals surface area contributed by atoms with E-state index in [-0.39, 0.29) is 5.82 Å². The molecule has 2 aromatic rings. The second-order valence-electron chi connectivity index (χ2n) is 6.77. The second kappa shape index (κ2) is 6.34. The van der Waals surface area contributed by atoms with Gasteiger partial charge in [0.1, 0.15) is 5.82 Å². The van der Waals surface area contributed by atoms with Gasteiger partial charge in [-0.1, -0.05) is 5.16 Å². The Hall–Kier alpha value is -2.24. The Morgan fingerprint density at radius 1 is 1.25 bits per heavy atom. The molecule has 1 amide bonds. The zero-order valence-electron chi connectivity index (χ0n) is 13.4. The number of rotatable bonds is 5. The summed E-state index contributed by atoms with van der Waals surface area (Å²) < 4.78 is 18.2. The van der Waals surface area contributed by atoms with Gasteiger partial charge in [0, 0.05) is 31.0 Å². The fourth-order valence-electron chi connectivity index (χ4n) is 3.26. The number of aryl methyl sites for hydroxylation is 1. The summed E-state index contributed by atoms with van der Waals surface area (Å²) in [6.45, 7) is 1.74. The van der Waals surface area contributed by atoms with Crippen LogP contribution in [0.2, 0.25) is 0 Å². The monoisotopic (exact) mass is 329 g/mol. The SMILES string of the molecule is O=C(C1CC1)N1CCC(CCc2noc(-c3ccc(F)cc3)n2)C1. The van der Waals surface area contributed by atoms with Gasteiger partial charge in [0.2, 0.25) is 5.91 Å². The van der Waals surface area contributed by atoms with Crippen molar-refractivity contribution < 1.29 is 13.7 Å². The Bertz CT molecular complexity index is 724. The van der Waals surface area contributed by atoms with E-state index in [0.717, 1.165) is 50.8 Å². The summed E-state index contributed by atoms with van der Waals surface area (Å²) in [7, 11) is 0. The Morgan fingerprint density at radius 2 is 2.04 bits per heavy atom. The minimum Gasteiger partial charge on any atom is -0.342 e. The zero-order chi connectivity index (χ0) is 16.5. The predicted octanol–water partition coefficient (Wildman–Crippen LogP) is 3.07. The molecule has 1 saturated heterocycles. The number of hydrogen-bond acceptors (Lipinski definition) is 4. The number of amides is 1. The normalized spacial score (nSPS) is 20.5. The largest absolute Gasteiger partial charge is 0.342 e. The van der Waals surface area contributed by atoms with E-state index in [9.17, 15) is 9.18 Å². The molecule has 5 nitrogen and oxygen atoms in total. The molecule has 24 heavy (non-hydrogen) atoms. The summed E-state index contributed by atoms with van der Waals surface area (Å²) in [6, 6.07) is 6.02. The lowest BCUT2D eigenvalue weighted by atomic mass is 10.0. The summed E-state index contributed by atoms with van der Waals surface area (Å²) in [5, 5.41) is 4.01. The average Bonchev–Trinajstić information content (AvgIpc) is 3.15. The molecule has 2 aliphatic rings. The molecule has 6 heteroatoms. The van der Waals surface area contributed by atoms with E-state index < -0.39 is 0 Å². The minimum absolute atomic E-state index is 0.287. The van der Waals surface area contributed by atoms with Crippen LogP contribution in [0.15, 0.2) is 28.8 Å². The Balaban J connectivity index is 1.30. The third-order valence-electron chi connectivity index (χ3n) is 4.86. The fourth-order valence-corrected chi connectivity index (χ4v) is 3.26. The van der Waals surface area contributed by atoms with Crippen molar-refractivity contribution >= 4 is 5.91 Å². The molecule has 126 valence electrons. The zero-order valence-corrected chi connectivity index (χ0v) is 13.4. The second-order valence-corrected chi connectivity index (χ2v) is 6.77. The highest BCUT2D eigenvalue weighted by Crippen LogP contribution is 2.33. The van der Waals surface area contributed by atoms with Crippen molar-refractivity contribution in [2.45, 2.75) is 32.1 Å². The van der Waals surface area contributed by atoms with Crippen LogP contribution in [0.5, 0.6) is 0 Å². The van der Waals surface area contributed by atoms with Crippen LogP contribution in [0.1, 0.15) is 31.5 Å². The van der Waals surface area contributed by atoms with Crippen molar-refractivity contribution in [3.05, 3.63) is 35.9 Å². The molecular weight excluding hydrogens is 309 g/mol. The van der Waals surface area contributed by atoms with Crippen LogP contribution in [0, 0.1) is 17.7 Å². The molecule has 1 saturated carbocycles. The van der Waals surface area contributed by atoms with Crippen molar-refractivity contribution in [3.63, 3.8) is 0 Å². The standard InChI is InChI=1S/C18H20FN3O2/c19-15-6-4-13(5-7-15)17-20-16(21-24-17)8-1-12-9-10-22(11-12)18(23)14-2-3-14/h4-7,12,14H,1-3,8-11H2. The van der Waals surface area contributed by atoms with Gasteiger partial charge in [-0.25, -0.2) is 4.39 Å². The highest BCUT2D eigenvalue weighted by atomic mass is 19.1. The van der Waals surface area contributed by atoms with Crippen LogP contribution in [0.4, 0.5) is 4.39 Å². The van der Waals surface area contributed by atoms with Gasteiger partial charge in [0.25, 0.3) is 5.89 Å². The highest BCUT2D eigenvalue weighted by molar-refractivity contribution is 5.81. The van der Waals surface area contributed by atoms with E-state index in [2.05, 4.69) is 10.1 Å². The van der Waals surface area contributed by atoms with Gasteiger partial charge in [-0.15, -0.1) is 0 Å². The van der Waals surface area contributed by atoms with E-state index in [4.69, 9.17) is 4.52 Å². The topological polar surface area (TPSA) is 59.2 Å². The minimum atomic E-state index is -0.287. The van der Waals surface area contributed by atoms with Crippen molar-refractivity contribution in [1.29, 1.82) is 0 Å². The molecule has 1 aromatic carbocycles. The smallest absolute Gasteiger partial charge is 0.257 e. The number of halogens is 1. The van der Waals surface area contributed by atoms with E-state index in [0.29, 0.717) is 29.5 Å². The lowest BCUT2D eigenvalue weighted by Gasteiger charge is -2.15. The molecule has 1 aromatic heterocycles. The van der Waals surface area contributed by atoms with Gasteiger partial charge < -0.3 is 9.42 Å². The maximum absolute atomic E-state index is 12.9. The van der Waals surface area contributed by atoms with Crippen molar-refractivity contribution in [2.24, 2.45) is 11.8 Å². The molecule has 1 unspecified atom stereocenters. The predicted molar refractivity (Wildman–Crippen MR) is 85.4 cm³/mol. The number of carbonyl (C=O) groups excluding carboxylic acids is 1. The molecule has 1 aliphatic carbocycles. The Morgan fingerprint density at radius 3 is 2.79 bits per heavy atom. The number of benzene rings is 1. The molecule has 2 fully saturated rings. The highest BCUT2D eigenvalue weighted by Gasteiger charge is 2.36. The quantitative estimate of drug-likeness (QED) is 0.846. The fraction of sp³-hybridized carbons (Fsp3) is 0.500. The van der Waals surface area contributed by atoms with E-state index in [1.807, 2.05) is 4.90 Å². The van der Waals surface area contributed by atoms with Gasteiger partial charge in [-0.05, 0) is 55.9 Å². The van der Waals surface area contributed by atoms with E-state index in [1.54, 1.807) is 12.1 Å². The van der Waals surface area contributed by atoms with E-state index in [1.165, 1.54) is 12.1 Å². The summed E-state index contributed by atoms with van der Waals surface area (Å²) in [5.41, 5.74) is 0.720. The number of nitrogens with zero attached hydrogens (tertiary/aromatic N) is 3. The number of aromatic nitrogens is 2. The summed E-state index contributed by atoms with van der Waals surface area (Å²) in [5.74, 6) is 1.96. The van der Waals surface area contributed by atoms with Crippen LogP contribution in [0.3, 0.4) is 0 Å². The molecule has 0 bridgehead atoms. The van der Waals surface area contributed by atoms with Crippen molar-refractivity contribution in [2.75, 3.05) is 13.1 Å². The van der Waals surface area contributed by atoms with Crippen LogP contribution in [-0.4, -0.2) is 34.0 Å². The molecular formula is C18H20FN3O2. The van der Waals surface area contributed by atoms with Crippen molar-refractivity contribution in [3.8, 4) is 11.5 Å². The van der Waals surface area contributed by atoms with Crippen LogP contribution >= 0.6 is 0 Å².